The highest BCUT2D eigenvalue weighted by Gasteiger charge is 2.39. The van der Waals surface area contributed by atoms with Crippen LogP contribution in [0.1, 0.15) is 47.7 Å². The molecule has 2 saturated heterocycles. The van der Waals surface area contributed by atoms with E-state index in [-0.39, 0.29) is 41.1 Å². The lowest BCUT2D eigenvalue weighted by atomic mass is 9.86. The summed E-state index contributed by atoms with van der Waals surface area (Å²) in [5.41, 5.74) is 7.13. The van der Waals surface area contributed by atoms with Crippen molar-refractivity contribution in [1.82, 2.24) is 19.6 Å². The zero-order chi connectivity index (χ0) is 31.6. The Morgan fingerprint density at radius 3 is 2.50 bits per heavy atom. The van der Waals surface area contributed by atoms with Crippen LogP contribution in [0.3, 0.4) is 0 Å². The first kappa shape index (κ1) is 32.2. The molecule has 0 radical (unpaired) electrons. The van der Waals surface area contributed by atoms with Gasteiger partial charge in [-0.1, -0.05) is 18.2 Å². The van der Waals surface area contributed by atoms with Crippen molar-refractivity contribution >= 4 is 22.4 Å². The molecule has 2 fully saturated rings. The zero-order valence-corrected chi connectivity index (χ0v) is 24.3. The Balaban J connectivity index is 1.36. The van der Waals surface area contributed by atoms with Crippen LogP contribution in [0.2, 0.25) is 0 Å². The van der Waals surface area contributed by atoms with E-state index in [2.05, 4.69) is 20.6 Å². The van der Waals surface area contributed by atoms with Gasteiger partial charge in [0.25, 0.3) is 0 Å². The summed E-state index contributed by atoms with van der Waals surface area (Å²) >= 11 is 0. The highest BCUT2D eigenvalue weighted by atomic mass is 32.3. The van der Waals surface area contributed by atoms with Crippen LogP contribution >= 0.6 is 10.8 Å². The van der Waals surface area contributed by atoms with E-state index in [1.54, 1.807) is 4.31 Å². The summed E-state index contributed by atoms with van der Waals surface area (Å²) < 4.78 is 91.2. The largest absolute Gasteiger partial charge is 0.451 e. The lowest BCUT2D eigenvalue weighted by molar-refractivity contribution is -0.145. The van der Waals surface area contributed by atoms with E-state index in [4.69, 9.17) is 5.73 Å². The monoisotopic (exact) mass is 640 g/mol. The highest BCUT2D eigenvalue weighted by Crippen LogP contribution is 2.49. The van der Waals surface area contributed by atoms with Gasteiger partial charge in [-0.3, -0.25) is 13.9 Å². The number of nitrogens with two attached hydrogens (primary N) is 1. The molecule has 6 N–H and O–H groups in total. The van der Waals surface area contributed by atoms with Crippen molar-refractivity contribution in [3.8, 4) is 0 Å². The number of halogens is 5. The van der Waals surface area contributed by atoms with Gasteiger partial charge >= 0.3 is 6.18 Å². The molecule has 238 valence electrons. The number of carbonyl (C=O) groups excluding carboxylic acids is 1. The number of carbonyl (C=O) groups is 1. The third-order valence-corrected chi connectivity index (χ3v) is 10.1. The molecule has 3 aromatic rings. The lowest BCUT2D eigenvalue weighted by Gasteiger charge is -2.49. The van der Waals surface area contributed by atoms with E-state index in [0.29, 0.717) is 31.5 Å². The number of aromatic nitrogens is 2. The quantitative estimate of drug-likeness (QED) is 0.219. The first-order valence-corrected chi connectivity index (χ1v) is 15.8. The van der Waals surface area contributed by atoms with E-state index < -0.39 is 52.3 Å². The lowest BCUT2D eigenvalue weighted by Crippen LogP contribution is -2.55. The number of hydrogen-bond acceptors (Lipinski definition) is 8. The Morgan fingerprint density at radius 2 is 1.82 bits per heavy atom. The number of hydrogen-bond donors (Lipinski definition) is 5. The van der Waals surface area contributed by atoms with Gasteiger partial charge in [0.2, 0.25) is 11.7 Å². The first-order chi connectivity index (χ1) is 20.8. The summed E-state index contributed by atoms with van der Waals surface area (Å²) in [7, 11) is -2.95. The average molecular weight is 641 g/mol. The summed E-state index contributed by atoms with van der Waals surface area (Å²) in [5, 5.41) is 6.08. The van der Waals surface area contributed by atoms with Crippen molar-refractivity contribution in [2.45, 2.75) is 55.9 Å². The second-order valence-corrected chi connectivity index (χ2v) is 13.2. The summed E-state index contributed by atoms with van der Waals surface area (Å²) in [6, 6.07) is 7.60. The molecule has 5 rings (SSSR count). The standard InChI is InChI=1S/C29H33F5N6O3S/c30-19-8-6-17(7-9-19)25(18-13-37-28(38-14-18)29(32,33)34)26(35)27(41)39-24-5-1-4-23(31)22(24)11-10-21-15-36-20-3-2-12-44(42,43)40(21)16-20/h1,4-9,13-14,20-21,25-26,36,42-43H,2-3,10-12,15-16,35H2,(H,39,41)/t20-,21+,25+,26+/m1/s1. The number of amides is 1. The molecule has 1 amide bonds. The van der Waals surface area contributed by atoms with Crippen molar-refractivity contribution in [2.75, 3.05) is 24.2 Å². The summed E-state index contributed by atoms with van der Waals surface area (Å²) in [4.78, 5) is 20.3. The van der Waals surface area contributed by atoms with Gasteiger partial charge in [-0.2, -0.15) is 13.2 Å². The summed E-state index contributed by atoms with van der Waals surface area (Å²) in [5.74, 6) is -4.07. The Morgan fingerprint density at radius 1 is 1.11 bits per heavy atom. The van der Waals surface area contributed by atoms with Crippen LogP contribution in [0, 0.1) is 11.6 Å². The van der Waals surface area contributed by atoms with Gasteiger partial charge in [0.15, 0.2) is 0 Å². The zero-order valence-electron chi connectivity index (χ0n) is 23.5. The Hall–Kier alpha value is -3.21. The van der Waals surface area contributed by atoms with Crippen LogP contribution in [0.15, 0.2) is 54.9 Å². The smallest absolute Gasteiger partial charge is 0.324 e. The minimum Gasteiger partial charge on any atom is -0.324 e. The molecular weight excluding hydrogens is 607 g/mol. The SMILES string of the molecule is N[C@H](C(=O)Nc1cccc(F)c1CC[C@H]1CN[C@@H]2CCCS(O)(O)N1C2)[C@@H](c1ccc(F)cc1)c1cnc(C(F)(F)F)nc1. The van der Waals surface area contributed by atoms with Crippen LogP contribution in [0.4, 0.5) is 27.6 Å². The fourth-order valence-corrected chi connectivity index (χ4v) is 7.67. The highest BCUT2D eigenvalue weighted by molar-refractivity contribution is 8.22. The van der Waals surface area contributed by atoms with Crippen molar-refractivity contribution in [1.29, 1.82) is 0 Å². The maximum Gasteiger partial charge on any atom is 0.451 e. The Kier molecular flexibility index (Phi) is 9.53. The topological polar surface area (TPSA) is 137 Å². The second-order valence-electron chi connectivity index (χ2n) is 11.0. The minimum absolute atomic E-state index is 0.0891. The molecule has 44 heavy (non-hydrogen) atoms. The summed E-state index contributed by atoms with van der Waals surface area (Å²) in [6.45, 7) is 0.970. The number of anilines is 1. The Labute approximate surface area is 252 Å². The molecular formula is C29H33F5N6O3S. The third-order valence-electron chi connectivity index (χ3n) is 8.08. The molecule has 2 aliphatic heterocycles. The summed E-state index contributed by atoms with van der Waals surface area (Å²) in [6.07, 6.45) is -0.899. The molecule has 2 aliphatic rings. The van der Waals surface area contributed by atoms with Crippen molar-refractivity contribution in [3.05, 3.63) is 89.0 Å². The number of nitrogens with one attached hydrogen (secondary N) is 2. The van der Waals surface area contributed by atoms with Crippen LogP contribution in [-0.2, 0) is 17.4 Å². The maximum absolute atomic E-state index is 15.1. The fraction of sp³-hybridized carbons (Fsp3) is 0.414. The third kappa shape index (κ3) is 7.19. The fourth-order valence-electron chi connectivity index (χ4n) is 5.80. The van der Waals surface area contributed by atoms with Crippen molar-refractivity contribution in [3.63, 3.8) is 0 Å². The van der Waals surface area contributed by atoms with E-state index in [1.807, 2.05) is 0 Å². The van der Waals surface area contributed by atoms with Gasteiger partial charge in [0.1, 0.15) is 11.6 Å². The van der Waals surface area contributed by atoms with E-state index in [1.165, 1.54) is 30.3 Å². The normalized spacial score (nSPS) is 23.7. The molecule has 1 aromatic heterocycles. The van der Waals surface area contributed by atoms with Crippen LogP contribution in [0.25, 0.3) is 0 Å². The molecule has 1 unspecified atom stereocenters. The number of alkyl halides is 3. The number of nitrogens with zero attached hydrogens (tertiary/aromatic N) is 3. The van der Waals surface area contributed by atoms with Gasteiger partial charge in [0, 0.05) is 54.7 Å². The number of piperazine rings is 1. The van der Waals surface area contributed by atoms with Crippen LogP contribution < -0.4 is 16.4 Å². The molecule has 9 nitrogen and oxygen atoms in total. The number of fused-ring (bicyclic) bond motifs is 2. The van der Waals surface area contributed by atoms with Crippen LogP contribution in [-0.4, -0.2) is 66.3 Å². The molecule has 0 aliphatic carbocycles. The van der Waals surface area contributed by atoms with Gasteiger partial charge in [-0.05, 0) is 61.1 Å². The molecule has 2 aromatic carbocycles. The van der Waals surface area contributed by atoms with Crippen molar-refractivity contribution < 1.29 is 35.9 Å². The predicted octanol–water partition coefficient (Wildman–Crippen LogP) is 4.91. The molecule has 3 heterocycles. The van der Waals surface area contributed by atoms with E-state index >= 15 is 4.39 Å². The van der Waals surface area contributed by atoms with Crippen LogP contribution in [0.5, 0.6) is 0 Å². The van der Waals surface area contributed by atoms with Gasteiger partial charge in [-0.25, -0.2) is 23.1 Å². The maximum atomic E-state index is 15.1. The van der Waals surface area contributed by atoms with Crippen molar-refractivity contribution in [2.24, 2.45) is 5.73 Å². The van der Waals surface area contributed by atoms with E-state index in [0.717, 1.165) is 30.9 Å². The number of benzene rings is 2. The number of rotatable bonds is 8. The predicted molar refractivity (Wildman–Crippen MR) is 156 cm³/mol. The molecule has 5 atom stereocenters. The molecule has 2 bridgehead atoms. The van der Waals surface area contributed by atoms with E-state index in [9.17, 15) is 31.5 Å². The first-order valence-electron chi connectivity index (χ1n) is 14.1. The Bertz CT molecular complexity index is 1460. The van der Waals surface area contributed by atoms with Gasteiger partial charge < -0.3 is 16.4 Å². The molecule has 0 saturated carbocycles. The van der Waals surface area contributed by atoms with Gasteiger partial charge in [-0.15, -0.1) is 10.8 Å². The average Bonchev–Trinajstić information content (AvgIpc) is 3.09. The molecule has 0 spiro atoms. The minimum atomic E-state index is -4.78. The second kappa shape index (κ2) is 13.0. The van der Waals surface area contributed by atoms with Gasteiger partial charge in [0.05, 0.1) is 11.8 Å². The molecule has 15 heteroatoms.